The van der Waals surface area contributed by atoms with Crippen molar-refractivity contribution in [1.82, 2.24) is 9.97 Å². The molecule has 2 heterocycles. The van der Waals surface area contributed by atoms with Crippen LogP contribution in [0.2, 0.25) is 0 Å². The molecule has 0 atom stereocenters. The van der Waals surface area contributed by atoms with Gasteiger partial charge in [0.2, 0.25) is 0 Å². The fourth-order valence-electron chi connectivity index (χ4n) is 1.34. The zero-order chi connectivity index (χ0) is 10.7. The third-order valence-electron chi connectivity index (χ3n) is 2.08. The van der Waals surface area contributed by atoms with Gasteiger partial charge in [0.1, 0.15) is 10.8 Å². The zero-order valence-corrected chi connectivity index (χ0v) is 9.66. The van der Waals surface area contributed by atoms with E-state index in [0.29, 0.717) is 0 Å². The first-order valence-electron chi connectivity index (χ1n) is 4.79. The Morgan fingerprint density at radius 3 is 2.87 bits per heavy atom. The van der Waals surface area contributed by atoms with Crippen molar-refractivity contribution in [3.8, 4) is 0 Å². The molecule has 2 rings (SSSR count). The maximum Gasteiger partial charge on any atom is 0.128 e. The Morgan fingerprint density at radius 2 is 2.27 bits per heavy atom. The second-order valence-electron chi connectivity index (χ2n) is 3.43. The highest BCUT2D eigenvalue weighted by Gasteiger charge is 2.05. The fraction of sp³-hybridized carbons (Fsp3) is 0.273. The first kappa shape index (κ1) is 10.1. The molecule has 0 aliphatic rings. The molecular weight excluding hydrogens is 206 g/mol. The monoisotopic (exact) mass is 219 g/mol. The molecule has 0 unspecified atom stereocenters. The van der Waals surface area contributed by atoms with Crippen molar-refractivity contribution >= 4 is 17.2 Å². The molecule has 0 spiro atoms. The zero-order valence-electron chi connectivity index (χ0n) is 8.84. The average Bonchev–Trinajstić information content (AvgIpc) is 2.65. The van der Waals surface area contributed by atoms with Crippen LogP contribution < -0.4 is 4.90 Å². The van der Waals surface area contributed by atoms with Crippen molar-refractivity contribution in [3.05, 3.63) is 40.5 Å². The molecule has 4 heteroatoms. The summed E-state index contributed by atoms with van der Waals surface area (Å²) < 4.78 is 0. The summed E-state index contributed by atoms with van der Waals surface area (Å²) in [5.41, 5.74) is 1.09. The van der Waals surface area contributed by atoms with Crippen molar-refractivity contribution in [2.45, 2.75) is 13.5 Å². The summed E-state index contributed by atoms with van der Waals surface area (Å²) in [4.78, 5) is 10.8. The molecule has 0 aliphatic heterocycles. The van der Waals surface area contributed by atoms with Gasteiger partial charge < -0.3 is 4.90 Å². The van der Waals surface area contributed by atoms with Crippen LogP contribution in [0, 0.1) is 6.92 Å². The van der Waals surface area contributed by atoms with Crippen LogP contribution in [0.4, 0.5) is 5.82 Å². The van der Waals surface area contributed by atoms with Crippen molar-refractivity contribution in [2.75, 3.05) is 11.9 Å². The molecule has 0 aliphatic carbocycles. The van der Waals surface area contributed by atoms with Gasteiger partial charge in [0.05, 0.1) is 6.54 Å². The van der Waals surface area contributed by atoms with Gasteiger partial charge in [-0.2, -0.15) is 0 Å². The van der Waals surface area contributed by atoms with Gasteiger partial charge in [-0.25, -0.2) is 9.97 Å². The Morgan fingerprint density at radius 1 is 1.40 bits per heavy atom. The van der Waals surface area contributed by atoms with Crippen LogP contribution in [0.5, 0.6) is 0 Å². The highest BCUT2D eigenvalue weighted by molar-refractivity contribution is 7.09. The van der Waals surface area contributed by atoms with Crippen LogP contribution in [0.25, 0.3) is 0 Å². The van der Waals surface area contributed by atoms with Crippen molar-refractivity contribution in [1.29, 1.82) is 0 Å². The van der Waals surface area contributed by atoms with E-state index in [1.165, 1.54) is 0 Å². The first-order valence-corrected chi connectivity index (χ1v) is 5.67. The van der Waals surface area contributed by atoms with Gasteiger partial charge >= 0.3 is 0 Å². The van der Waals surface area contributed by atoms with Gasteiger partial charge in [0.15, 0.2) is 0 Å². The summed E-state index contributed by atoms with van der Waals surface area (Å²) in [6.45, 7) is 2.83. The smallest absolute Gasteiger partial charge is 0.128 e. The second-order valence-corrected chi connectivity index (χ2v) is 4.37. The van der Waals surface area contributed by atoms with Crippen LogP contribution in [0.15, 0.2) is 29.8 Å². The van der Waals surface area contributed by atoms with Crippen LogP contribution in [0.1, 0.15) is 10.7 Å². The molecule has 2 aromatic rings. The Kier molecular flexibility index (Phi) is 2.97. The number of nitrogens with zero attached hydrogens (tertiary/aromatic N) is 3. The van der Waals surface area contributed by atoms with E-state index in [4.69, 9.17) is 0 Å². The highest BCUT2D eigenvalue weighted by Crippen LogP contribution is 2.14. The molecule has 0 saturated carbocycles. The van der Waals surface area contributed by atoms with Gasteiger partial charge in [-0.05, 0) is 19.1 Å². The Hall–Kier alpha value is -1.42. The Bertz CT molecular complexity index is 424. The first-order chi connectivity index (χ1) is 7.25. The molecule has 2 aromatic heterocycles. The third kappa shape index (κ3) is 2.53. The van der Waals surface area contributed by atoms with Crippen LogP contribution in [-0.2, 0) is 6.54 Å². The maximum absolute atomic E-state index is 4.43. The van der Waals surface area contributed by atoms with E-state index in [2.05, 4.69) is 20.2 Å². The highest BCUT2D eigenvalue weighted by atomic mass is 32.1. The molecule has 3 nitrogen and oxygen atoms in total. The fourth-order valence-corrected chi connectivity index (χ4v) is 2.16. The molecule has 0 N–H and O–H groups in total. The maximum atomic E-state index is 4.43. The minimum atomic E-state index is 0.815. The van der Waals surface area contributed by atoms with Crippen LogP contribution in [-0.4, -0.2) is 17.0 Å². The Balaban J connectivity index is 2.07. The number of aromatic nitrogens is 2. The van der Waals surface area contributed by atoms with Crippen LogP contribution >= 0.6 is 11.3 Å². The van der Waals surface area contributed by atoms with Crippen molar-refractivity contribution < 1.29 is 0 Å². The van der Waals surface area contributed by atoms with E-state index in [-0.39, 0.29) is 0 Å². The quantitative estimate of drug-likeness (QED) is 0.794. The summed E-state index contributed by atoms with van der Waals surface area (Å²) in [6, 6.07) is 5.91. The van der Waals surface area contributed by atoms with Crippen molar-refractivity contribution in [2.24, 2.45) is 0 Å². The Labute approximate surface area is 93.4 Å². The van der Waals surface area contributed by atoms with E-state index in [1.54, 1.807) is 17.5 Å². The number of aryl methyl sites for hydroxylation is 1. The van der Waals surface area contributed by atoms with Gasteiger partial charge in [-0.1, -0.05) is 6.07 Å². The predicted octanol–water partition coefficient (Wildman–Crippen LogP) is 2.48. The molecule has 78 valence electrons. The number of pyridine rings is 1. The van der Waals surface area contributed by atoms with E-state index in [9.17, 15) is 0 Å². The third-order valence-corrected chi connectivity index (χ3v) is 3.03. The molecular formula is C11H13N3S. The molecule has 0 bridgehead atoms. The van der Waals surface area contributed by atoms with E-state index in [1.807, 2.05) is 32.2 Å². The number of thiazole rings is 1. The summed E-state index contributed by atoms with van der Waals surface area (Å²) in [6.07, 6.45) is 1.80. The largest absolute Gasteiger partial charge is 0.353 e. The number of hydrogen-bond donors (Lipinski definition) is 0. The van der Waals surface area contributed by atoms with Gasteiger partial charge in [0, 0.05) is 24.3 Å². The normalized spacial score (nSPS) is 10.3. The van der Waals surface area contributed by atoms with E-state index < -0.39 is 0 Å². The molecule has 0 amide bonds. The lowest BCUT2D eigenvalue weighted by atomic mass is 10.4. The molecule has 15 heavy (non-hydrogen) atoms. The topological polar surface area (TPSA) is 29.0 Å². The molecule has 0 fully saturated rings. The standard InChI is InChI=1S/C11H13N3S/c1-9-8-15-11(13-9)7-14(2)10-5-3-4-6-12-10/h3-6,8H,7H2,1-2H3. The van der Waals surface area contributed by atoms with Gasteiger partial charge in [-0.15, -0.1) is 11.3 Å². The molecule has 0 aromatic carbocycles. The minimum absolute atomic E-state index is 0.815. The SMILES string of the molecule is Cc1csc(CN(C)c2ccccn2)n1. The lowest BCUT2D eigenvalue weighted by molar-refractivity contribution is 0.883. The summed E-state index contributed by atoms with van der Waals surface area (Å²) in [7, 11) is 2.03. The average molecular weight is 219 g/mol. The van der Waals surface area contributed by atoms with E-state index >= 15 is 0 Å². The van der Waals surface area contributed by atoms with Gasteiger partial charge in [-0.3, -0.25) is 0 Å². The van der Waals surface area contributed by atoms with Gasteiger partial charge in [0.25, 0.3) is 0 Å². The summed E-state index contributed by atoms with van der Waals surface area (Å²) in [5, 5.41) is 3.20. The number of hydrogen-bond acceptors (Lipinski definition) is 4. The lowest BCUT2D eigenvalue weighted by Crippen LogP contribution is -2.17. The summed E-state index contributed by atoms with van der Waals surface area (Å²) >= 11 is 1.69. The second kappa shape index (κ2) is 4.40. The lowest BCUT2D eigenvalue weighted by Gasteiger charge is -2.15. The van der Waals surface area contributed by atoms with Crippen LogP contribution in [0.3, 0.4) is 0 Å². The summed E-state index contributed by atoms with van der Waals surface area (Å²) in [5.74, 6) is 0.977. The molecule has 0 radical (unpaired) electrons. The number of anilines is 1. The number of rotatable bonds is 3. The van der Waals surface area contributed by atoms with Crippen molar-refractivity contribution in [3.63, 3.8) is 0 Å². The molecule has 0 saturated heterocycles. The minimum Gasteiger partial charge on any atom is -0.353 e. The van der Waals surface area contributed by atoms with E-state index in [0.717, 1.165) is 23.1 Å². The predicted molar refractivity (Wildman–Crippen MR) is 63.2 cm³/mol.